The first-order chi connectivity index (χ1) is 10.7. The van der Waals surface area contributed by atoms with Crippen LogP contribution in [0.15, 0.2) is 48.5 Å². The van der Waals surface area contributed by atoms with Gasteiger partial charge in [0.1, 0.15) is 5.75 Å². The lowest BCUT2D eigenvalue weighted by atomic mass is 9.88. The quantitative estimate of drug-likeness (QED) is 0.929. The molecule has 0 aliphatic heterocycles. The number of amides is 1. The fourth-order valence-corrected chi connectivity index (χ4v) is 3.04. The Morgan fingerprint density at radius 2 is 1.95 bits per heavy atom. The molecular formula is C18H18ClNO2. The highest BCUT2D eigenvalue weighted by Gasteiger charge is 2.21. The molecule has 1 N–H and O–H groups in total. The summed E-state index contributed by atoms with van der Waals surface area (Å²) in [7, 11) is 0. The molecule has 0 aromatic heterocycles. The van der Waals surface area contributed by atoms with Gasteiger partial charge in [-0.15, -0.1) is 0 Å². The van der Waals surface area contributed by atoms with Gasteiger partial charge < -0.3 is 10.1 Å². The molecule has 1 atom stereocenters. The van der Waals surface area contributed by atoms with Gasteiger partial charge in [-0.25, -0.2) is 0 Å². The number of halogens is 1. The maximum atomic E-state index is 12.1. The third-order valence-electron chi connectivity index (χ3n) is 3.90. The summed E-state index contributed by atoms with van der Waals surface area (Å²) in [5, 5.41) is 3.57. The Kier molecular flexibility index (Phi) is 4.64. The molecule has 0 fully saturated rings. The number of hydrogen-bond donors (Lipinski definition) is 1. The highest BCUT2D eigenvalue weighted by atomic mass is 35.5. The molecule has 1 amide bonds. The third-order valence-corrected chi connectivity index (χ3v) is 4.21. The number of carbonyl (C=O) groups is 1. The van der Waals surface area contributed by atoms with Crippen LogP contribution in [0, 0.1) is 0 Å². The van der Waals surface area contributed by atoms with Crippen LogP contribution in [0.4, 0.5) is 0 Å². The second-order valence-corrected chi connectivity index (χ2v) is 5.84. The number of fused-ring (bicyclic) bond motifs is 1. The van der Waals surface area contributed by atoms with Gasteiger partial charge in [0.15, 0.2) is 6.61 Å². The van der Waals surface area contributed by atoms with E-state index in [1.807, 2.05) is 24.3 Å². The van der Waals surface area contributed by atoms with Crippen LogP contribution in [0.3, 0.4) is 0 Å². The normalized spacial score (nSPS) is 16.7. The van der Waals surface area contributed by atoms with Gasteiger partial charge in [0.25, 0.3) is 5.91 Å². The molecule has 2 aromatic rings. The first-order valence-electron chi connectivity index (χ1n) is 7.48. The number of benzene rings is 2. The first kappa shape index (κ1) is 14.9. The van der Waals surface area contributed by atoms with Gasteiger partial charge in [-0.3, -0.25) is 4.79 Å². The Labute approximate surface area is 135 Å². The smallest absolute Gasteiger partial charge is 0.258 e. The van der Waals surface area contributed by atoms with E-state index >= 15 is 0 Å². The van der Waals surface area contributed by atoms with Crippen LogP contribution in [0.5, 0.6) is 5.75 Å². The van der Waals surface area contributed by atoms with Crippen LogP contribution in [-0.2, 0) is 11.2 Å². The summed E-state index contributed by atoms with van der Waals surface area (Å²) >= 11 is 6.01. The van der Waals surface area contributed by atoms with Crippen LogP contribution < -0.4 is 10.1 Å². The van der Waals surface area contributed by atoms with E-state index in [0.29, 0.717) is 10.8 Å². The predicted molar refractivity (Wildman–Crippen MR) is 87.2 cm³/mol. The Bertz CT molecular complexity index is 672. The van der Waals surface area contributed by atoms with Crippen molar-refractivity contribution in [2.75, 3.05) is 6.61 Å². The molecule has 3 rings (SSSR count). The monoisotopic (exact) mass is 315 g/mol. The summed E-state index contributed by atoms with van der Waals surface area (Å²) in [5.74, 6) is 0.407. The van der Waals surface area contributed by atoms with Crippen LogP contribution in [0.1, 0.15) is 30.0 Å². The Hall–Kier alpha value is -2.00. The standard InChI is InChI=1S/C18H18ClNO2/c19-15-9-3-4-11-17(15)22-12-18(21)20-16-10-5-7-13-6-1-2-8-14(13)16/h1-4,6,8-9,11,16H,5,7,10,12H2,(H,20,21)/t16-/m1/s1. The molecule has 4 heteroatoms. The van der Waals surface area contributed by atoms with Crippen molar-refractivity contribution in [3.8, 4) is 5.75 Å². The first-order valence-corrected chi connectivity index (χ1v) is 7.86. The number of aryl methyl sites for hydroxylation is 1. The minimum absolute atomic E-state index is 0.0254. The minimum Gasteiger partial charge on any atom is -0.482 e. The SMILES string of the molecule is O=C(COc1ccccc1Cl)N[C@@H]1CCCc2ccccc21. The maximum Gasteiger partial charge on any atom is 0.258 e. The Morgan fingerprint density at radius 1 is 1.18 bits per heavy atom. The second-order valence-electron chi connectivity index (χ2n) is 5.43. The van der Waals surface area contributed by atoms with E-state index in [1.54, 1.807) is 12.1 Å². The fraction of sp³-hybridized carbons (Fsp3) is 0.278. The van der Waals surface area contributed by atoms with Crippen molar-refractivity contribution in [1.29, 1.82) is 0 Å². The summed E-state index contributed by atoms with van der Waals surface area (Å²) < 4.78 is 5.48. The molecule has 0 radical (unpaired) electrons. The summed E-state index contributed by atoms with van der Waals surface area (Å²) in [5.41, 5.74) is 2.55. The Morgan fingerprint density at radius 3 is 2.82 bits per heavy atom. The molecule has 0 saturated carbocycles. The molecule has 3 nitrogen and oxygen atoms in total. The van der Waals surface area contributed by atoms with E-state index in [2.05, 4.69) is 17.4 Å². The lowest BCUT2D eigenvalue weighted by molar-refractivity contribution is -0.123. The minimum atomic E-state index is -0.123. The van der Waals surface area contributed by atoms with E-state index in [-0.39, 0.29) is 18.6 Å². The number of para-hydroxylation sites is 1. The summed E-state index contributed by atoms with van der Waals surface area (Å²) in [6.07, 6.45) is 3.14. The molecular weight excluding hydrogens is 298 g/mol. The molecule has 0 spiro atoms. The molecule has 0 bridgehead atoms. The van der Waals surface area contributed by atoms with E-state index in [4.69, 9.17) is 16.3 Å². The van der Waals surface area contributed by atoms with Crippen molar-refractivity contribution in [3.05, 3.63) is 64.7 Å². The van der Waals surface area contributed by atoms with Crippen molar-refractivity contribution in [2.45, 2.75) is 25.3 Å². The molecule has 114 valence electrons. The molecule has 0 heterocycles. The second kappa shape index (κ2) is 6.84. The van der Waals surface area contributed by atoms with Gasteiger partial charge in [0.05, 0.1) is 11.1 Å². The lowest BCUT2D eigenvalue weighted by Crippen LogP contribution is -2.34. The molecule has 2 aromatic carbocycles. The number of nitrogens with one attached hydrogen (secondary N) is 1. The molecule has 1 aliphatic carbocycles. The molecule has 22 heavy (non-hydrogen) atoms. The maximum absolute atomic E-state index is 12.1. The average Bonchev–Trinajstić information content (AvgIpc) is 2.54. The summed E-state index contributed by atoms with van der Waals surface area (Å²) in [6, 6.07) is 15.5. The van der Waals surface area contributed by atoms with E-state index < -0.39 is 0 Å². The van der Waals surface area contributed by atoms with Gasteiger partial charge in [-0.05, 0) is 42.5 Å². The van der Waals surface area contributed by atoms with E-state index in [9.17, 15) is 4.79 Å². The number of rotatable bonds is 4. The summed E-state index contributed by atoms with van der Waals surface area (Å²) in [6.45, 7) is -0.0254. The van der Waals surface area contributed by atoms with Gasteiger partial charge in [0.2, 0.25) is 0 Å². The zero-order valence-electron chi connectivity index (χ0n) is 12.2. The molecule has 0 unspecified atom stereocenters. The average molecular weight is 316 g/mol. The van der Waals surface area contributed by atoms with Crippen molar-refractivity contribution < 1.29 is 9.53 Å². The van der Waals surface area contributed by atoms with Gasteiger partial charge in [-0.2, -0.15) is 0 Å². The molecule has 0 saturated heterocycles. The third kappa shape index (κ3) is 3.42. The lowest BCUT2D eigenvalue weighted by Gasteiger charge is -2.26. The van der Waals surface area contributed by atoms with Crippen molar-refractivity contribution in [3.63, 3.8) is 0 Å². The summed E-state index contributed by atoms with van der Waals surface area (Å²) in [4.78, 5) is 12.1. The highest BCUT2D eigenvalue weighted by molar-refractivity contribution is 6.32. The topological polar surface area (TPSA) is 38.3 Å². The number of carbonyl (C=O) groups excluding carboxylic acids is 1. The number of hydrogen-bond acceptors (Lipinski definition) is 2. The van der Waals surface area contributed by atoms with Crippen LogP contribution in [0.25, 0.3) is 0 Å². The van der Waals surface area contributed by atoms with E-state index in [1.165, 1.54) is 11.1 Å². The zero-order valence-corrected chi connectivity index (χ0v) is 13.0. The molecule has 1 aliphatic rings. The zero-order chi connectivity index (χ0) is 15.4. The van der Waals surface area contributed by atoms with Crippen LogP contribution >= 0.6 is 11.6 Å². The fourth-order valence-electron chi connectivity index (χ4n) is 2.84. The van der Waals surface area contributed by atoms with Crippen molar-refractivity contribution >= 4 is 17.5 Å². The van der Waals surface area contributed by atoms with Crippen molar-refractivity contribution in [1.82, 2.24) is 5.32 Å². The number of ether oxygens (including phenoxy) is 1. The highest BCUT2D eigenvalue weighted by Crippen LogP contribution is 2.29. The van der Waals surface area contributed by atoms with E-state index in [0.717, 1.165) is 19.3 Å². The van der Waals surface area contributed by atoms with Crippen molar-refractivity contribution in [2.24, 2.45) is 0 Å². The predicted octanol–water partition coefficient (Wildman–Crippen LogP) is 3.91. The Balaban J connectivity index is 1.60. The van der Waals surface area contributed by atoms with Gasteiger partial charge in [0, 0.05) is 0 Å². The van der Waals surface area contributed by atoms with Gasteiger partial charge in [-0.1, -0.05) is 48.0 Å². The van der Waals surface area contributed by atoms with Gasteiger partial charge >= 0.3 is 0 Å². The van der Waals surface area contributed by atoms with Crippen LogP contribution in [0.2, 0.25) is 5.02 Å². The largest absolute Gasteiger partial charge is 0.482 e. The van der Waals surface area contributed by atoms with Crippen LogP contribution in [-0.4, -0.2) is 12.5 Å².